The number of rotatable bonds is 3. The fraction of sp³-hybridized carbons (Fsp3) is 1.00. The van der Waals surface area contributed by atoms with Gasteiger partial charge in [0, 0.05) is 12.6 Å². The summed E-state index contributed by atoms with van der Waals surface area (Å²) in [6.07, 6.45) is 2.70. The fourth-order valence-electron chi connectivity index (χ4n) is 2.26. The number of hydrogen-bond acceptors (Lipinski definition) is 1. The largest absolute Gasteiger partial charge is 0.299 e. The first kappa shape index (κ1) is 12.0. The molecule has 1 nitrogen and oxygen atoms in total. The van der Waals surface area contributed by atoms with Crippen LogP contribution in [0.2, 0.25) is 0 Å². The summed E-state index contributed by atoms with van der Waals surface area (Å²) in [5, 5.41) is 0. The highest BCUT2D eigenvalue weighted by molar-refractivity contribution is 4.95. The zero-order chi connectivity index (χ0) is 11.0. The van der Waals surface area contributed by atoms with Crippen LogP contribution < -0.4 is 0 Å². The van der Waals surface area contributed by atoms with Gasteiger partial charge in [-0.2, -0.15) is 0 Å². The third-order valence-corrected chi connectivity index (χ3v) is 3.66. The summed E-state index contributed by atoms with van der Waals surface area (Å²) in [7, 11) is 0. The van der Waals surface area contributed by atoms with Gasteiger partial charge in [-0.05, 0) is 37.1 Å². The van der Waals surface area contributed by atoms with E-state index in [0.29, 0.717) is 10.8 Å². The monoisotopic (exact) mass is 197 g/mol. The first-order chi connectivity index (χ1) is 6.22. The van der Waals surface area contributed by atoms with E-state index in [1.165, 1.54) is 25.9 Å². The Balaban J connectivity index is 2.17. The Kier molecular flexibility index (Phi) is 3.30. The van der Waals surface area contributed by atoms with E-state index in [4.69, 9.17) is 0 Å². The molecule has 0 aromatic carbocycles. The molecule has 1 aliphatic rings. The first-order valence-electron chi connectivity index (χ1n) is 5.96. The quantitative estimate of drug-likeness (QED) is 0.669. The zero-order valence-electron chi connectivity index (χ0n) is 10.9. The summed E-state index contributed by atoms with van der Waals surface area (Å²) in [5.74, 6) is 0. The minimum Gasteiger partial charge on any atom is -0.299 e. The van der Waals surface area contributed by atoms with Gasteiger partial charge < -0.3 is 0 Å². The van der Waals surface area contributed by atoms with E-state index in [0.717, 1.165) is 6.04 Å². The Morgan fingerprint density at radius 2 is 1.86 bits per heavy atom. The van der Waals surface area contributed by atoms with Crippen molar-refractivity contribution in [2.45, 2.75) is 60.4 Å². The third-order valence-electron chi connectivity index (χ3n) is 3.66. The van der Waals surface area contributed by atoms with Crippen molar-refractivity contribution in [1.82, 2.24) is 4.90 Å². The number of likely N-dealkylation sites (tertiary alicyclic amines) is 1. The molecule has 1 heterocycles. The standard InChI is InChI=1S/C13H27N/c1-11-13(5,6)10-14(11)9-7-8-12(2,3)4/h11H,7-10H2,1-6H3. The summed E-state index contributed by atoms with van der Waals surface area (Å²) in [5.41, 5.74) is 1.06. The van der Waals surface area contributed by atoms with Crippen LogP contribution in [-0.4, -0.2) is 24.0 Å². The average Bonchev–Trinajstić information content (AvgIpc) is 2.00. The van der Waals surface area contributed by atoms with E-state index < -0.39 is 0 Å². The average molecular weight is 197 g/mol. The maximum Gasteiger partial charge on any atom is 0.0131 e. The van der Waals surface area contributed by atoms with Crippen molar-refractivity contribution in [3.8, 4) is 0 Å². The topological polar surface area (TPSA) is 3.24 Å². The molecule has 1 heteroatoms. The van der Waals surface area contributed by atoms with Crippen molar-refractivity contribution in [3.63, 3.8) is 0 Å². The second kappa shape index (κ2) is 3.84. The van der Waals surface area contributed by atoms with Gasteiger partial charge >= 0.3 is 0 Å². The van der Waals surface area contributed by atoms with Crippen molar-refractivity contribution in [1.29, 1.82) is 0 Å². The lowest BCUT2D eigenvalue weighted by Gasteiger charge is -2.53. The van der Waals surface area contributed by atoms with Crippen molar-refractivity contribution >= 4 is 0 Å². The summed E-state index contributed by atoms with van der Waals surface area (Å²) in [4.78, 5) is 2.62. The maximum atomic E-state index is 2.62. The predicted octanol–water partition coefficient (Wildman–Crippen LogP) is 3.54. The Morgan fingerprint density at radius 3 is 2.21 bits per heavy atom. The molecule has 0 saturated carbocycles. The number of nitrogens with zero attached hydrogens (tertiary/aromatic N) is 1. The third kappa shape index (κ3) is 2.98. The van der Waals surface area contributed by atoms with Crippen molar-refractivity contribution in [3.05, 3.63) is 0 Å². The minimum absolute atomic E-state index is 0.504. The highest BCUT2D eigenvalue weighted by Gasteiger charge is 2.41. The second-order valence-electron chi connectivity index (χ2n) is 6.80. The van der Waals surface area contributed by atoms with Gasteiger partial charge in [-0.3, -0.25) is 4.90 Å². The molecule has 14 heavy (non-hydrogen) atoms. The Morgan fingerprint density at radius 1 is 1.29 bits per heavy atom. The van der Waals surface area contributed by atoms with Gasteiger partial charge in [-0.1, -0.05) is 34.6 Å². The van der Waals surface area contributed by atoms with Gasteiger partial charge in [-0.25, -0.2) is 0 Å². The lowest BCUT2D eigenvalue weighted by Crippen LogP contribution is -2.60. The van der Waals surface area contributed by atoms with Crippen LogP contribution in [0.4, 0.5) is 0 Å². The van der Waals surface area contributed by atoms with E-state index in [1.54, 1.807) is 0 Å². The van der Waals surface area contributed by atoms with Gasteiger partial charge in [-0.15, -0.1) is 0 Å². The SMILES string of the molecule is CC1N(CCCC(C)(C)C)CC1(C)C. The van der Waals surface area contributed by atoms with Gasteiger partial charge in [0.2, 0.25) is 0 Å². The lowest BCUT2D eigenvalue weighted by atomic mass is 9.75. The minimum atomic E-state index is 0.504. The van der Waals surface area contributed by atoms with E-state index in [-0.39, 0.29) is 0 Å². The van der Waals surface area contributed by atoms with E-state index in [9.17, 15) is 0 Å². The highest BCUT2D eigenvalue weighted by atomic mass is 15.2. The molecule has 1 rings (SSSR count). The van der Waals surface area contributed by atoms with Gasteiger partial charge in [0.05, 0.1) is 0 Å². The summed E-state index contributed by atoms with van der Waals surface area (Å²) < 4.78 is 0. The van der Waals surface area contributed by atoms with Crippen LogP contribution in [0.15, 0.2) is 0 Å². The molecular weight excluding hydrogens is 170 g/mol. The van der Waals surface area contributed by atoms with Crippen LogP contribution in [0.25, 0.3) is 0 Å². The molecule has 1 unspecified atom stereocenters. The van der Waals surface area contributed by atoms with Crippen LogP contribution in [0.1, 0.15) is 54.4 Å². The molecule has 0 aromatic rings. The Labute approximate surface area is 89.9 Å². The Hall–Kier alpha value is -0.0400. The van der Waals surface area contributed by atoms with Crippen LogP contribution in [-0.2, 0) is 0 Å². The molecule has 1 fully saturated rings. The molecule has 1 saturated heterocycles. The maximum absolute atomic E-state index is 2.62. The van der Waals surface area contributed by atoms with Gasteiger partial charge in [0.25, 0.3) is 0 Å². The molecule has 84 valence electrons. The van der Waals surface area contributed by atoms with E-state index in [2.05, 4.69) is 46.4 Å². The van der Waals surface area contributed by atoms with E-state index in [1.807, 2.05) is 0 Å². The van der Waals surface area contributed by atoms with Crippen molar-refractivity contribution in [2.24, 2.45) is 10.8 Å². The molecule has 0 spiro atoms. The normalized spacial score (nSPS) is 27.4. The smallest absolute Gasteiger partial charge is 0.0131 e. The molecule has 0 aliphatic carbocycles. The van der Waals surface area contributed by atoms with Gasteiger partial charge in [0.15, 0.2) is 0 Å². The second-order valence-corrected chi connectivity index (χ2v) is 6.80. The molecule has 1 aliphatic heterocycles. The van der Waals surface area contributed by atoms with Crippen molar-refractivity contribution in [2.75, 3.05) is 13.1 Å². The van der Waals surface area contributed by atoms with Crippen LogP contribution in [0.3, 0.4) is 0 Å². The molecule has 1 atom stereocenters. The summed E-state index contributed by atoms with van der Waals surface area (Å²) >= 11 is 0. The molecule has 0 aromatic heterocycles. The van der Waals surface area contributed by atoms with Crippen LogP contribution in [0.5, 0.6) is 0 Å². The molecule has 0 N–H and O–H groups in total. The zero-order valence-corrected chi connectivity index (χ0v) is 10.9. The molecular formula is C13H27N. The van der Waals surface area contributed by atoms with Gasteiger partial charge in [0.1, 0.15) is 0 Å². The Bertz CT molecular complexity index is 188. The highest BCUT2D eigenvalue weighted by Crippen LogP contribution is 2.36. The molecule has 0 amide bonds. The molecule has 0 radical (unpaired) electrons. The van der Waals surface area contributed by atoms with E-state index >= 15 is 0 Å². The van der Waals surface area contributed by atoms with Crippen LogP contribution in [0, 0.1) is 10.8 Å². The molecule has 0 bridgehead atoms. The van der Waals surface area contributed by atoms with Crippen LogP contribution >= 0.6 is 0 Å². The number of hydrogen-bond donors (Lipinski definition) is 0. The first-order valence-corrected chi connectivity index (χ1v) is 5.96. The predicted molar refractivity (Wildman–Crippen MR) is 63.5 cm³/mol. The lowest BCUT2D eigenvalue weighted by molar-refractivity contribution is -0.0399. The summed E-state index contributed by atoms with van der Waals surface area (Å²) in [6, 6.07) is 0.780. The van der Waals surface area contributed by atoms with Crippen molar-refractivity contribution < 1.29 is 0 Å². The summed E-state index contributed by atoms with van der Waals surface area (Å²) in [6.45, 7) is 16.7. The fourth-order valence-corrected chi connectivity index (χ4v) is 2.26.